The molecule has 0 aromatic carbocycles. The third-order valence-corrected chi connectivity index (χ3v) is 4.76. The molecule has 1 unspecified atom stereocenters. The second kappa shape index (κ2) is 5.07. The van der Waals surface area contributed by atoms with Crippen LogP contribution in [0.25, 0.3) is 0 Å². The van der Waals surface area contributed by atoms with Gasteiger partial charge < -0.3 is 16.4 Å². The van der Waals surface area contributed by atoms with Gasteiger partial charge in [-0.25, -0.2) is 0 Å². The molecule has 5 nitrogen and oxygen atoms in total. The van der Waals surface area contributed by atoms with Gasteiger partial charge in [-0.1, -0.05) is 19.1 Å². The zero-order valence-electron chi connectivity index (χ0n) is 11.2. The second-order valence-corrected chi connectivity index (χ2v) is 6.31. The highest BCUT2D eigenvalue weighted by atomic mass is 32.1. The molecule has 0 bridgehead atoms. The average molecular weight is 283 g/mol. The smallest absolute Gasteiger partial charge is 0.240 e. The van der Waals surface area contributed by atoms with E-state index in [9.17, 15) is 9.59 Å². The second-order valence-electron chi connectivity index (χ2n) is 5.87. The van der Waals surface area contributed by atoms with E-state index in [1.165, 1.54) is 0 Å². The summed E-state index contributed by atoms with van der Waals surface area (Å²) in [5.41, 5.74) is 10.5. The van der Waals surface area contributed by atoms with Gasteiger partial charge in [-0.3, -0.25) is 9.59 Å². The molecule has 0 spiro atoms. The SMILES string of the molecule is CC1CC(C(=O)N2CCCCC2C(N)=O)(C(N)=S)C1. The topological polar surface area (TPSA) is 89.4 Å². The standard InChI is InChI=1S/C13H21N3O2S/c1-8-6-13(7-8,11(15)19)12(18)16-5-3-2-4-9(16)10(14)17/h8-9H,2-7H2,1H3,(H2,14,17)(H2,15,19). The molecule has 6 heteroatoms. The van der Waals surface area contributed by atoms with Gasteiger partial charge in [-0.05, 0) is 38.0 Å². The molecule has 1 saturated carbocycles. The minimum absolute atomic E-state index is 0.0957. The summed E-state index contributed by atoms with van der Waals surface area (Å²) in [6.07, 6.45) is 3.84. The fraction of sp³-hybridized carbons (Fsp3) is 0.769. The van der Waals surface area contributed by atoms with Crippen molar-refractivity contribution in [1.82, 2.24) is 4.90 Å². The summed E-state index contributed by atoms with van der Waals surface area (Å²) < 4.78 is 0. The Balaban J connectivity index is 2.21. The Hall–Kier alpha value is -1.17. The molecule has 106 valence electrons. The molecule has 0 radical (unpaired) electrons. The minimum atomic E-state index is -0.736. The molecule has 19 heavy (non-hydrogen) atoms. The zero-order chi connectivity index (χ0) is 14.2. The van der Waals surface area contributed by atoms with Crippen LogP contribution in [0.4, 0.5) is 0 Å². The Bertz CT molecular complexity index is 418. The third kappa shape index (κ3) is 2.33. The lowest BCUT2D eigenvalue weighted by Crippen LogP contribution is -2.61. The molecular formula is C13H21N3O2S. The third-order valence-electron chi connectivity index (χ3n) is 4.37. The van der Waals surface area contributed by atoms with E-state index in [0.29, 0.717) is 31.7 Å². The fourth-order valence-corrected chi connectivity index (χ4v) is 3.61. The first-order chi connectivity index (χ1) is 8.88. The van der Waals surface area contributed by atoms with Crippen molar-refractivity contribution in [2.24, 2.45) is 22.8 Å². The Morgan fingerprint density at radius 2 is 1.89 bits per heavy atom. The minimum Gasteiger partial charge on any atom is -0.392 e. The molecule has 0 aromatic rings. The summed E-state index contributed by atoms with van der Waals surface area (Å²) in [5.74, 6) is -0.0811. The van der Waals surface area contributed by atoms with E-state index >= 15 is 0 Å². The number of hydrogen-bond acceptors (Lipinski definition) is 3. The highest BCUT2D eigenvalue weighted by molar-refractivity contribution is 7.80. The van der Waals surface area contributed by atoms with Crippen molar-refractivity contribution in [1.29, 1.82) is 0 Å². The van der Waals surface area contributed by atoms with Gasteiger partial charge in [0.2, 0.25) is 11.8 Å². The normalized spacial score (nSPS) is 34.5. The monoisotopic (exact) mass is 283 g/mol. The Kier molecular flexibility index (Phi) is 3.80. The molecular weight excluding hydrogens is 262 g/mol. The van der Waals surface area contributed by atoms with Crippen LogP contribution in [0, 0.1) is 11.3 Å². The summed E-state index contributed by atoms with van der Waals surface area (Å²) >= 11 is 5.10. The van der Waals surface area contributed by atoms with Gasteiger partial charge in [-0.15, -0.1) is 0 Å². The van der Waals surface area contributed by atoms with Gasteiger partial charge in [0, 0.05) is 6.54 Å². The van der Waals surface area contributed by atoms with Crippen LogP contribution in [0.15, 0.2) is 0 Å². The van der Waals surface area contributed by atoms with E-state index < -0.39 is 17.4 Å². The van der Waals surface area contributed by atoms with E-state index in [1.54, 1.807) is 4.90 Å². The maximum absolute atomic E-state index is 12.8. The summed E-state index contributed by atoms with van der Waals surface area (Å²) in [6.45, 7) is 2.65. The van der Waals surface area contributed by atoms with Crippen molar-refractivity contribution < 1.29 is 9.59 Å². The summed E-state index contributed by atoms with van der Waals surface area (Å²) in [7, 11) is 0. The fourth-order valence-electron chi connectivity index (χ4n) is 3.36. The number of rotatable bonds is 3. The summed E-state index contributed by atoms with van der Waals surface area (Å²) in [5, 5.41) is 0. The van der Waals surface area contributed by atoms with E-state index in [1.807, 2.05) is 0 Å². The lowest BCUT2D eigenvalue weighted by molar-refractivity contribution is -0.151. The van der Waals surface area contributed by atoms with Crippen LogP contribution < -0.4 is 11.5 Å². The van der Waals surface area contributed by atoms with Crippen LogP contribution in [0.5, 0.6) is 0 Å². The van der Waals surface area contributed by atoms with Crippen LogP contribution in [0.3, 0.4) is 0 Å². The molecule has 4 N–H and O–H groups in total. The number of likely N-dealkylation sites (tertiary alicyclic amines) is 1. The molecule has 2 fully saturated rings. The highest BCUT2D eigenvalue weighted by Crippen LogP contribution is 2.47. The molecule has 2 aliphatic rings. The van der Waals surface area contributed by atoms with E-state index in [2.05, 4.69) is 6.92 Å². The van der Waals surface area contributed by atoms with Crippen LogP contribution in [-0.2, 0) is 9.59 Å². The first-order valence-corrected chi connectivity index (χ1v) is 7.19. The Morgan fingerprint density at radius 1 is 1.26 bits per heavy atom. The maximum Gasteiger partial charge on any atom is 0.240 e. The maximum atomic E-state index is 12.8. The lowest BCUT2D eigenvalue weighted by Gasteiger charge is -2.48. The van der Waals surface area contributed by atoms with Crippen LogP contribution in [0.1, 0.15) is 39.0 Å². The predicted molar refractivity (Wildman–Crippen MR) is 76.2 cm³/mol. The van der Waals surface area contributed by atoms with E-state index in [0.717, 1.165) is 12.8 Å². The number of nitrogens with two attached hydrogens (primary N) is 2. The average Bonchev–Trinajstić information content (AvgIpc) is 2.33. The van der Waals surface area contributed by atoms with Gasteiger partial charge in [-0.2, -0.15) is 0 Å². The number of amides is 2. The van der Waals surface area contributed by atoms with Gasteiger partial charge in [0.25, 0.3) is 0 Å². The van der Waals surface area contributed by atoms with Crippen LogP contribution in [-0.4, -0.2) is 34.3 Å². The Morgan fingerprint density at radius 3 is 2.37 bits per heavy atom. The molecule has 0 aromatic heterocycles. The molecule has 1 aliphatic heterocycles. The molecule has 1 atom stereocenters. The Labute approximate surface area is 118 Å². The number of piperidine rings is 1. The predicted octanol–water partition coefficient (Wildman–Crippen LogP) is 0.555. The van der Waals surface area contributed by atoms with Gasteiger partial charge >= 0.3 is 0 Å². The molecule has 1 saturated heterocycles. The zero-order valence-corrected chi connectivity index (χ0v) is 12.0. The molecule has 2 amide bonds. The van der Waals surface area contributed by atoms with Crippen molar-refractivity contribution in [2.75, 3.05) is 6.54 Å². The van der Waals surface area contributed by atoms with E-state index in [4.69, 9.17) is 23.7 Å². The van der Waals surface area contributed by atoms with Gasteiger partial charge in [0.05, 0.1) is 10.4 Å². The first-order valence-electron chi connectivity index (χ1n) is 6.79. The van der Waals surface area contributed by atoms with Crippen molar-refractivity contribution in [3.8, 4) is 0 Å². The number of carbonyl (C=O) groups excluding carboxylic acids is 2. The number of hydrogen-bond donors (Lipinski definition) is 2. The van der Waals surface area contributed by atoms with Gasteiger partial charge in [0.1, 0.15) is 6.04 Å². The van der Waals surface area contributed by atoms with Crippen LogP contribution in [0.2, 0.25) is 0 Å². The van der Waals surface area contributed by atoms with Crippen molar-refractivity contribution in [3.05, 3.63) is 0 Å². The number of thiocarbonyl (C=S) groups is 1. The number of carbonyl (C=O) groups is 2. The van der Waals surface area contributed by atoms with E-state index in [-0.39, 0.29) is 10.9 Å². The van der Waals surface area contributed by atoms with Crippen molar-refractivity contribution in [3.63, 3.8) is 0 Å². The highest BCUT2D eigenvalue weighted by Gasteiger charge is 2.53. The summed E-state index contributed by atoms with van der Waals surface area (Å²) in [4.78, 5) is 26.1. The largest absolute Gasteiger partial charge is 0.392 e. The molecule has 1 heterocycles. The molecule has 2 rings (SSSR count). The van der Waals surface area contributed by atoms with Gasteiger partial charge in [0.15, 0.2) is 0 Å². The molecule has 1 aliphatic carbocycles. The van der Waals surface area contributed by atoms with Crippen molar-refractivity contribution in [2.45, 2.75) is 45.1 Å². The first kappa shape index (κ1) is 14.2. The lowest BCUT2D eigenvalue weighted by atomic mass is 9.61. The number of nitrogens with zero attached hydrogens (tertiary/aromatic N) is 1. The number of primary amides is 1. The summed E-state index contributed by atoms with van der Waals surface area (Å²) in [6, 6.07) is -0.497. The van der Waals surface area contributed by atoms with Crippen LogP contribution >= 0.6 is 12.2 Å². The van der Waals surface area contributed by atoms with Crippen molar-refractivity contribution >= 4 is 29.0 Å². The quantitative estimate of drug-likeness (QED) is 0.740.